The Bertz CT molecular complexity index is 934. The van der Waals surface area contributed by atoms with Gasteiger partial charge in [-0.1, -0.05) is 42.4 Å². The van der Waals surface area contributed by atoms with E-state index in [0.29, 0.717) is 18.1 Å². The first-order valence-corrected chi connectivity index (χ1v) is 10.1. The highest BCUT2D eigenvalue weighted by Crippen LogP contribution is 2.25. The molecule has 1 aliphatic rings. The summed E-state index contributed by atoms with van der Waals surface area (Å²) in [6.45, 7) is 6.62. The van der Waals surface area contributed by atoms with E-state index in [1.807, 2.05) is 18.2 Å². The van der Waals surface area contributed by atoms with E-state index >= 15 is 0 Å². The molecule has 1 fully saturated rings. The molecule has 0 bridgehead atoms. The van der Waals surface area contributed by atoms with Crippen LogP contribution in [0.4, 0.5) is 0 Å². The SMILES string of the molecule is COc1cccc([C@H](C)Cc2nc(-c3cccc(CN4CCOCC4)c3)no2)c1. The Morgan fingerprint density at radius 2 is 1.93 bits per heavy atom. The van der Waals surface area contributed by atoms with Crippen molar-refractivity contribution in [2.75, 3.05) is 33.4 Å². The van der Waals surface area contributed by atoms with Crippen LogP contribution in [-0.2, 0) is 17.7 Å². The van der Waals surface area contributed by atoms with Gasteiger partial charge in [0.05, 0.1) is 20.3 Å². The lowest BCUT2D eigenvalue weighted by atomic mass is 9.97. The third kappa shape index (κ3) is 5.02. The molecular weight excluding hydrogens is 366 g/mol. The van der Waals surface area contributed by atoms with E-state index in [9.17, 15) is 0 Å². The molecule has 0 spiro atoms. The van der Waals surface area contributed by atoms with Gasteiger partial charge in [-0.2, -0.15) is 4.98 Å². The fraction of sp³-hybridized carbons (Fsp3) is 0.391. The lowest BCUT2D eigenvalue weighted by Crippen LogP contribution is -2.35. The Kier molecular flexibility index (Phi) is 6.22. The number of benzene rings is 2. The highest BCUT2D eigenvalue weighted by molar-refractivity contribution is 5.55. The van der Waals surface area contributed by atoms with Crippen LogP contribution in [0.25, 0.3) is 11.4 Å². The number of morpholine rings is 1. The van der Waals surface area contributed by atoms with Crippen molar-refractivity contribution in [3.05, 3.63) is 65.5 Å². The van der Waals surface area contributed by atoms with Gasteiger partial charge in [0.25, 0.3) is 0 Å². The normalized spacial score (nSPS) is 15.9. The summed E-state index contributed by atoms with van der Waals surface area (Å²) in [6.07, 6.45) is 0.688. The minimum atomic E-state index is 0.256. The number of methoxy groups -OCH3 is 1. The first-order chi connectivity index (χ1) is 14.2. The zero-order valence-corrected chi connectivity index (χ0v) is 17.0. The van der Waals surface area contributed by atoms with Gasteiger partial charge in [-0.15, -0.1) is 0 Å². The number of rotatable bonds is 7. The van der Waals surface area contributed by atoms with Gasteiger partial charge >= 0.3 is 0 Å². The molecule has 1 aromatic heterocycles. The lowest BCUT2D eigenvalue weighted by molar-refractivity contribution is 0.0342. The second-order valence-electron chi connectivity index (χ2n) is 7.48. The van der Waals surface area contributed by atoms with Crippen molar-refractivity contribution in [3.8, 4) is 17.1 Å². The summed E-state index contributed by atoms with van der Waals surface area (Å²) in [5.74, 6) is 2.40. The van der Waals surface area contributed by atoms with Gasteiger partial charge in [0.15, 0.2) is 0 Å². The van der Waals surface area contributed by atoms with Gasteiger partial charge in [-0.05, 0) is 35.2 Å². The van der Waals surface area contributed by atoms with Crippen LogP contribution in [0.3, 0.4) is 0 Å². The van der Waals surface area contributed by atoms with Gasteiger partial charge in [0, 0.05) is 31.6 Å². The van der Waals surface area contributed by atoms with Crippen molar-refractivity contribution < 1.29 is 14.0 Å². The number of hydrogen-bond donors (Lipinski definition) is 0. The van der Waals surface area contributed by atoms with Gasteiger partial charge in [0.1, 0.15) is 5.75 Å². The highest BCUT2D eigenvalue weighted by Gasteiger charge is 2.15. The van der Waals surface area contributed by atoms with E-state index in [2.05, 4.69) is 52.3 Å². The molecule has 6 heteroatoms. The van der Waals surface area contributed by atoms with Crippen molar-refractivity contribution in [3.63, 3.8) is 0 Å². The van der Waals surface area contributed by atoms with Crippen LogP contribution in [0.5, 0.6) is 5.75 Å². The molecule has 0 N–H and O–H groups in total. The minimum absolute atomic E-state index is 0.256. The number of nitrogens with zero attached hydrogens (tertiary/aromatic N) is 3. The maximum Gasteiger partial charge on any atom is 0.227 e. The molecule has 4 rings (SSSR count). The second kappa shape index (κ2) is 9.20. The monoisotopic (exact) mass is 393 g/mol. The quantitative estimate of drug-likeness (QED) is 0.606. The predicted octanol–water partition coefficient (Wildman–Crippen LogP) is 3.92. The van der Waals surface area contributed by atoms with E-state index < -0.39 is 0 Å². The van der Waals surface area contributed by atoms with Crippen LogP contribution in [0.15, 0.2) is 53.1 Å². The molecule has 152 valence electrons. The summed E-state index contributed by atoms with van der Waals surface area (Å²) in [7, 11) is 1.68. The Morgan fingerprint density at radius 3 is 2.76 bits per heavy atom. The standard InChI is InChI=1S/C23H27N3O3/c1-17(19-6-4-8-21(15-19)27-2)13-22-24-23(25-29-22)20-7-3-5-18(14-20)16-26-9-11-28-12-10-26/h3-8,14-15,17H,9-13,16H2,1-2H3/t17-/m1/s1. The molecule has 2 aromatic carbocycles. The van der Waals surface area contributed by atoms with Gasteiger partial charge in [-0.3, -0.25) is 4.90 Å². The average molecular weight is 393 g/mol. The van der Waals surface area contributed by atoms with Crippen LogP contribution in [0, 0.1) is 0 Å². The molecule has 0 aliphatic carbocycles. The average Bonchev–Trinajstić information content (AvgIpc) is 3.23. The summed E-state index contributed by atoms with van der Waals surface area (Å²) in [5, 5.41) is 4.21. The van der Waals surface area contributed by atoms with Gasteiger partial charge < -0.3 is 14.0 Å². The first-order valence-electron chi connectivity index (χ1n) is 10.1. The van der Waals surface area contributed by atoms with Crippen LogP contribution in [0.1, 0.15) is 29.9 Å². The molecule has 2 heterocycles. The van der Waals surface area contributed by atoms with Crippen LogP contribution >= 0.6 is 0 Å². The molecular formula is C23H27N3O3. The Balaban J connectivity index is 1.43. The van der Waals surface area contributed by atoms with Crippen LogP contribution in [-0.4, -0.2) is 48.5 Å². The molecule has 0 unspecified atom stereocenters. The predicted molar refractivity (Wildman–Crippen MR) is 111 cm³/mol. The smallest absolute Gasteiger partial charge is 0.227 e. The molecule has 29 heavy (non-hydrogen) atoms. The molecule has 1 atom stereocenters. The van der Waals surface area contributed by atoms with Crippen molar-refractivity contribution in [1.29, 1.82) is 0 Å². The molecule has 0 radical (unpaired) electrons. The third-order valence-electron chi connectivity index (χ3n) is 5.31. The summed E-state index contributed by atoms with van der Waals surface area (Å²) < 4.78 is 16.3. The molecule has 1 saturated heterocycles. The number of aromatic nitrogens is 2. The van der Waals surface area contributed by atoms with Gasteiger partial charge in [0.2, 0.25) is 11.7 Å². The first kappa shape index (κ1) is 19.6. The molecule has 1 aliphatic heterocycles. The Labute approximate surface area is 171 Å². The Hall–Kier alpha value is -2.70. The van der Waals surface area contributed by atoms with E-state index in [-0.39, 0.29) is 5.92 Å². The third-order valence-corrected chi connectivity index (χ3v) is 5.31. The van der Waals surface area contributed by atoms with Crippen molar-refractivity contribution >= 4 is 0 Å². The van der Waals surface area contributed by atoms with E-state index in [0.717, 1.165) is 44.2 Å². The van der Waals surface area contributed by atoms with Crippen LogP contribution in [0.2, 0.25) is 0 Å². The molecule has 0 amide bonds. The summed E-state index contributed by atoms with van der Waals surface area (Å²) in [5.41, 5.74) is 3.43. The summed E-state index contributed by atoms with van der Waals surface area (Å²) in [4.78, 5) is 7.04. The summed E-state index contributed by atoms with van der Waals surface area (Å²) >= 11 is 0. The largest absolute Gasteiger partial charge is 0.497 e. The maximum atomic E-state index is 5.54. The van der Waals surface area contributed by atoms with E-state index in [4.69, 9.17) is 14.0 Å². The molecule has 6 nitrogen and oxygen atoms in total. The summed E-state index contributed by atoms with van der Waals surface area (Å²) in [6, 6.07) is 16.5. The highest BCUT2D eigenvalue weighted by atomic mass is 16.5. The van der Waals surface area contributed by atoms with Crippen molar-refractivity contribution in [2.45, 2.75) is 25.8 Å². The topological polar surface area (TPSA) is 60.6 Å². The van der Waals surface area contributed by atoms with E-state index in [1.54, 1.807) is 7.11 Å². The molecule has 3 aromatic rings. The maximum absolute atomic E-state index is 5.54. The molecule has 0 saturated carbocycles. The zero-order valence-electron chi connectivity index (χ0n) is 17.0. The fourth-order valence-corrected chi connectivity index (χ4v) is 3.61. The number of hydrogen-bond acceptors (Lipinski definition) is 6. The second-order valence-corrected chi connectivity index (χ2v) is 7.48. The zero-order chi connectivity index (χ0) is 20.1. The fourth-order valence-electron chi connectivity index (χ4n) is 3.61. The minimum Gasteiger partial charge on any atom is -0.497 e. The van der Waals surface area contributed by atoms with Crippen LogP contribution < -0.4 is 4.74 Å². The van der Waals surface area contributed by atoms with Gasteiger partial charge in [-0.25, -0.2) is 0 Å². The van der Waals surface area contributed by atoms with Crippen molar-refractivity contribution in [1.82, 2.24) is 15.0 Å². The van der Waals surface area contributed by atoms with Crippen molar-refractivity contribution in [2.24, 2.45) is 0 Å². The van der Waals surface area contributed by atoms with E-state index in [1.165, 1.54) is 11.1 Å². The lowest BCUT2D eigenvalue weighted by Gasteiger charge is -2.26. The Morgan fingerprint density at radius 1 is 1.10 bits per heavy atom. The number of ether oxygens (including phenoxy) is 2.